The van der Waals surface area contributed by atoms with Crippen LogP contribution >= 0.6 is 15.9 Å². The highest BCUT2D eigenvalue weighted by Gasteiger charge is 2.34. The highest BCUT2D eigenvalue weighted by molar-refractivity contribution is 9.10. The van der Waals surface area contributed by atoms with Crippen molar-refractivity contribution in [1.29, 1.82) is 0 Å². The van der Waals surface area contributed by atoms with Crippen LogP contribution in [-0.2, 0) is 11.3 Å². The zero-order valence-electron chi connectivity index (χ0n) is 19.4. The van der Waals surface area contributed by atoms with Gasteiger partial charge in [-0.2, -0.15) is 9.61 Å². The number of anilines is 1. The Hall–Kier alpha value is -3.31. The minimum absolute atomic E-state index is 0.0372. The summed E-state index contributed by atoms with van der Waals surface area (Å²) < 4.78 is 18.1. The number of pyridine rings is 1. The van der Waals surface area contributed by atoms with E-state index in [0.717, 1.165) is 28.1 Å². The number of alkyl halides is 1. The van der Waals surface area contributed by atoms with Gasteiger partial charge in [0.15, 0.2) is 11.8 Å². The number of nitrogens with two attached hydrogens (primary N) is 1. The largest absolute Gasteiger partial charge is 0.479 e. The number of hydrogen-bond acceptors (Lipinski definition) is 6. The minimum atomic E-state index is -1.83. The standard InChI is InChI=1S/C25H26BrFN6O3/c26-20-22(15-3-1-14(2-4-15)21(27)25(35)36)31-24-18(12-30-33(24)23(20)28)16-5-6-19(29-11-16)17-7-8-32(13-17)9-10-34/h5-8,11-15,21,34H,1-4,9-10,28H2,(H,35,36). The summed E-state index contributed by atoms with van der Waals surface area (Å²) in [6.07, 6.45) is 7.72. The van der Waals surface area contributed by atoms with E-state index in [1.165, 1.54) is 0 Å². The van der Waals surface area contributed by atoms with Crippen LogP contribution in [0.2, 0.25) is 0 Å². The molecular weight excluding hydrogens is 531 g/mol. The molecule has 5 rings (SSSR count). The second kappa shape index (κ2) is 9.98. The van der Waals surface area contributed by atoms with Crippen LogP contribution in [0.5, 0.6) is 0 Å². The molecule has 1 saturated carbocycles. The van der Waals surface area contributed by atoms with E-state index in [1.807, 2.05) is 35.2 Å². The average Bonchev–Trinajstić information content (AvgIpc) is 3.54. The van der Waals surface area contributed by atoms with Gasteiger partial charge in [-0.15, -0.1) is 0 Å². The molecule has 1 unspecified atom stereocenters. The molecule has 188 valence electrons. The number of hydrogen-bond donors (Lipinski definition) is 3. The quantitative estimate of drug-likeness (QED) is 0.309. The molecule has 4 aromatic rings. The Labute approximate surface area is 214 Å². The van der Waals surface area contributed by atoms with Gasteiger partial charge < -0.3 is 20.5 Å². The maximum absolute atomic E-state index is 14.0. The molecule has 9 nitrogen and oxygen atoms in total. The average molecular weight is 557 g/mol. The van der Waals surface area contributed by atoms with E-state index in [-0.39, 0.29) is 12.5 Å². The van der Waals surface area contributed by atoms with Crippen LogP contribution in [-0.4, -0.2) is 53.1 Å². The number of carbonyl (C=O) groups is 1. The zero-order valence-corrected chi connectivity index (χ0v) is 21.0. The summed E-state index contributed by atoms with van der Waals surface area (Å²) >= 11 is 3.57. The van der Waals surface area contributed by atoms with E-state index in [4.69, 9.17) is 20.9 Å². The normalized spacial score (nSPS) is 19.0. The van der Waals surface area contributed by atoms with Gasteiger partial charge in [-0.1, -0.05) is 6.07 Å². The van der Waals surface area contributed by atoms with Crippen molar-refractivity contribution in [3.63, 3.8) is 0 Å². The van der Waals surface area contributed by atoms with Gasteiger partial charge in [-0.25, -0.2) is 14.2 Å². The van der Waals surface area contributed by atoms with Crippen molar-refractivity contribution >= 4 is 33.4 Å². The molecular formula is C25H26BrFN6O3. The third-order valence-electron chi connectivity index (χ3n) is 6.94. The van der Waals surface area contributed by atoms with E-state index in [1.54, 1.807) is 16.9 Å². The summed E-state index contributed by atoms with van der Waals surface area (Å²) in [6, 6.07) is 5.84. The predicted molar refractivity (Wildman–Crippen MR) is 136 cm³/mol. The van der Waals surface area contributed by atoms with Gasteiger partial charge in [-0.05, 0) is 53.7 Å². The number of aliphatic hydroxyl groups is 1. The second-order valence-corrected chi connectivity index (χ2v) is 9.93. The van der Waals surface area contributed by atoms with Crippen molar-refractivity contribution in [1.82, 2.24) is 24.1 Å². The maximum atomic E-state index is 14.0. The molecule has 11 heteroatoms. The van der Waals surface area contributed by atoms with Gasteiger partial charge in [-0.3, -0.25) is 4.98 Å². The molecule has 0 aliphatic heterocycles. The molecule has 0 aromatic carbocycles. The molecule has 4 N–H and O–H groups in total. The molecule has 1 fully saturated rings. The molecule has 4 aromatic heterocycles. The molecule has 0 saturated heterocycles. The Balaban J connectivity index is 1.43. The number of rotatable bonds is 7. The molecule has 1 aliphatic carbocycles. The summed E-state index contributed by atoms with van der Waals surface area (Å²) in [5.41, 5.74) is 11.2. The molecule has 0 amide bonds. The van der Waals surface area contributed by atoms with Crippen LogP contribution < -0.4 is 5.73 Å². The Morgan fingerprint density at radius 1 is 1.19 bits per heavy atom. The SMILES string of the molecule is Nc1c(Br)c(C2CCC(C(F)C(=O)O)CC2)nc2c(-c3ccc(-c4ccn(CCO)c4)nc3)cnn12. The third-order valence-corrected chi connectivity index (χ3v) is 7.75. The van der Waals surface area contributed by atoms with E-state index in [0.29, 0.717) is 48.2 Å². The highest BCUT2D eigenvalue weighted by atomic mass is 79.9. The highest BCUT2D eigenvalue weighted by Crippen LogP contribution is 2.41. The maximum Gasteiger partial charge on any atom is 0.338 e. The Bertz CT molecular complexity index is 1400. The van der Waals surface area contributed by atoms with E-state index in [9.17, 15) is 9.18 Å². The Kier molecular flexibility index (Phi) is 6.76. The number of aliphatic hydroxyl groups excluding tert-OH is 1. The summed E-state index contributed by atoms with van der Waals surface area (Å²) in [4.78, 5) is 20.6. The Morgan fingerprint density at radius 3 is 2.64 bits per heavy atom. The summed E-state index contributed by atoms with van der Waals surface area (Å²) in [5, 5.41) is 22.6. The number of aliphatic carboxylic acids is 1. The lowest BCUT2D eigenvalue weighted by atomic mass is 9.78. The van der Waals surface area contributed by atoms with Crippen LogP contribution in [0, 0.1) is 5.92 Å². The van der Waals surface area contributed by atoms with Crippen molar-refractivity contribution in [3.8, 4) is 22.4 Å². The van der Waals surface area contributed by atoms with Crippen LogP contribution in [0.25, 0.3) is 28.0 Å². The number of carboxylic acids is 1. The zero-order chi connectivity index (χ0) is 25.4. The van der Waals surface area contributed by atoms with Crippen molar-refractivity contribution in [3.05, 3.63) is 53.2 Å². The fraction of sp³-hybridized carbons (Fsp3) is 0.360. The molecule has 0 bridgehead atoms. The number of nitrogen functional groups attached to an aromatic ring is 1. The number of aromatic nitrogens is 5. The monoisotopic (exact) mass is 556 g/mol. The molecule has 1 aliphatic rings. The second-order valence-electron chi connectivity index (χ2n) is 9.14. The van der Waals surface area contributed by atoms with Gasteiger partial charge >= 0.3 is 5.97 Å². The summed E-state index contributed by atoms with van der Waals surface area (Å²) in [7, 11) is 0. The molecule has 0 spiro atoms. The van der Waals surface area contributed by atoms with Crippen LogP contribution in [0.4, 0.5) is 10.2 Å². The first kappa shape index (κ1) is 24.4. The Morgan fingerprint density at radius 2 is 1.97 bits per heavy atom. The number of halogens is 2. The lowest BCUT2D eigenvalue weighted by Crippen LogP contribution is -2.28. The summed E-state index contributed by atoms with van der Waals surface area (Å²) in [5.74, 6) is -1.41. The van der Waals surface area contributed by atoms with Gasteiger partial charge in [0.1, 0.15) is 5.82 Å². The molecule has 36 heavy (non-hydrogen) atoms. The fourth-order valence-corrected chi connectivity index (χ4v) is 5.53. The van der Waals surface area contributed by atoms with Crippen LogP contribution in [0.3, 0.4) is 0 Å². The van der Waals surface area contributed by atoms with Gasteiger partial charge in [0.2, 0.25) is 0 Å². The van der Waals surface area contributed by atoms with Gasteiger partial charge in [0, 0.05) is 53.7 Å². The first-order valence-electron chi connectivity index (χ1n) is 11.8. The number of nitrogens with zero attached hydrogens (tertiary/aromatic N) is 5. The molecule has 0 radical (unpaired) electrons. The predicted octanol–water partition coefficient (Wildman–Crippen LogP) is 4.29. The fourth-order valence-electron chi connectivity index (χ4n) is 4.95. The third kappa shape index (κ3) is 4.48. The van der Waals surface area contributed by atoms with Crippen molar-refractivity contribution in [2.45, 2.75) is 44.3 Å². The molecule has 1 atom stereocenters. The topological polar surface area (TPSA) is 132 Å². The van der Waals surface area contributed by atoms with Crippen molar-refractivity contribution in [2.24, 2.45) is 5.92 Å². The minimum Gasteiger partial charge on any atom is -0.479 e. The number of carboxylic acid groups (broad SMARTS) is 1. The van der Waals surface area contributed by atoms with E-state index in [2.05, 4.69) is 26.0 Å². The van der Waals surface area contributed by atoms with Crippen molar-refractivity contribution < 1.29 is 19.4 Å². The van der Waals surface area contributed by atoms with Gasteiger partial charge in [0.05, 0.1) is 28.7 Å². The van der Waals surface area contributed by atoms with Gasteiger partial charge in [0.25, 0.3) is 0 Å². The lowest BCUT2D eigenvalue weighted by molar-refractivity contribution is -0.145. The first-order chi connectivity index (χ1) is 17.4. The first-order valence-corrected chi connectivity index (χ1v) is 12.6. The number of fused-ring (bicyclic) bond motifs is 1. The van der Waals surface area contributed by atoms with E-state index < -0.39 is 18.1 Å². The van der Waals surface area contributed by atoms with Crippen LogP contribution in [0.15, 0.2) is 47.5 Å². The summed E-state index contributed by atoms with van der Waals surface area (Å²) in [6.45, 7) is 0.602. The molecule has 4 heterocycles. The lowest BCUT2D eigenvalue weighted by Gasteiger charge is -2.29. The smallest absolute Gasteiger partial charge is 0.338 e. The van der Waals surface area contributed by atoms with E-state index >= 15 is 0 Å². The van der Waals surface area contributed by atoms with Crippen LogP contribution in [0.1, 0.15) is 37.3 Å². The van der Waals surface area contributed by atoms with Crippen molar-refractivity contribution in [2.75, 3.05) is 12.3 Å².